The number of nitrogens with zero attached hydrogens (tertiary/aromatic N) is 4. The number of ether oxygens (including phenoxy) is 1. The summed E-state index contributed by atoms with van der Waals surface area (Å²) in [7, 11) is 1.67. The molecule has 2 aliphatic heterocycles. The number of pyridine rings is 3. The maximum Gasteiger partial charge on any atom is 0.259 e. The van der Waals surface area contributed by atoms with Gasteiger partial charge in [-0.05, 0) is 68.1 Å². The van der Waals surface area contributed by atoms with Crippen LogP contribution in [0.1, 0.15) is 36.0 Å². The highest BCUT2D eigenvalue weighted by Crippen LogP contribution is 2.31. The fourth-order valence-corrected chi connectivity index (χ4v) is 5.67. The molecule has 11 heteroatoms. The minimum atomic E-state index is -0.579. The molecule has 2 fully saturated rings. The number of likely N-dealkylation sites (tertiary alicyclic amines) is 1. The fraction of sp³-hybridized carbons (Fsp3) is 0.355. The third-order valence-corrected chi connectivity index (χ3v) is 8.12. The summed E-state index contributed by atoms with van der Waals surface area (Å²) in [5.41, 5.74) is 2.24. The molecule has 42 heavy (non-hydrogen) atoms. The molecule has 6 rings (SSSR count). The number of aromatic nitrogens is 3. The highest BCUT2D eigenvalue weighted by Gasteiger charge is 2.24. The molecule has 0 atom stereocenters. The number of methoxy groups -OCH3 is 1. The third kappa shape index (κ3) is 5.70. The van der Waals surface area contributed by atoms with E-state index in [9.17, 15) is 14.7 Å². The SMILES string of the molecule is COC1CCN(C(=O)c2ccc(-c3cc(Nc4ccc(N5CCC(O)CC5)cn4)c4c(=O)[nH]ccc4n3)c(F)c2)CC1. The number of aliphatic hydroxyl groups excluding tert-OH is 1. The van der Waals surface area contributed by atoms with E-state index in [1.165, 1.54) is 12.3 Å². The first-order valence-electron chi connectivity index (χ1n) is 14.2. The van der Waals surface area contributed by atoms with Crippen LogP contribution in [0.3, 0.4) is 0 Å². The van der Waals surface area contributed by atoms with Gasteiger partial charge in [0.2, 0.25) is 0 Å². The van der Waals surface area contributed by atoms with Crippen LogP contribution in [0.25, 0.3) is 22.2 Å². The summed E-state index contributed by atoms with van der Waals surface area (Å²) in [5, 5.41) is 13.3. The zero-order valence-corrected chi connectivity index (χ0v) is 23.3. The molecular weight excluding hydrogens is 539 g/mol. The molecule has 3 N–H and O–H groups in total. The number of carbonyl (C=O) groups is 1. The van der Waals surface area contributed by atoms with Crippen molar-refractivity contribution >= 4 is 34.0 Å². The highest BCUT2D eigenvalue weighted by molar-refractivity contribution is 5.96. The molecule has 0 spiro atoms. The molecule has 218 valence electrons. The number of rotatable bonds is 6. The van der Waals surface area contributed by atoms with Gasteiger partial charge in [0.1, 0.15) is 11.6 Å². The zero-order valence-electron chi connectivity index (χ0n) is 23.3. The summed E-state index contributed by atoms with van der Waals surface area (Å²) in [6.45, 7) is 2.64. The standard InChI is InChI=1S/C31H33FN6O4/c1-42-22-9-14-38(15-10-22)31(41)19-2-4-23(24(32)16-19)26-17-27(29-25(35-26)6-11-33-30(29)40)36-28-5-3-20(18-34-28)37-12-7-21(39)8-13-37/h2-6,11,16-18,21-22,39H,7-10,12-15H2,1H3,(H,33,40)(H,34,35,36). The Morgan fingerprint density at radius 3 is 2.55 bits per heavy atom. The molecule has 0 bridgehead atoms. The monoisotopic (exact) mass is 572 g/mol. The smallest absolute Gasteiger partial charge is 0.259 e. The summed E-state index contributed by atoms with van der Waals surface area (Å²) in [4.78, 5) is 41.5. The molecule has 1 amide bonds. The first kappa shape index (κ1) is 27.8. The van der Waals surface area contributed by atoms with Gasteiger partial charge in [-0.3, -0.25) is 9.59 Å². The summed E-state index contributed by atoms with van der Waals surface area (Å²) < 4.78 is 20.9. The predicted octanol–water partition coefficient (Wildman–Crippen LogP) is 4.08. The maximum atomic E-state index is 15.5. The normalized spacial score (nSPS) is 16.6. The van der Waals surface area contributed by atoms with Crippen LogP contribution in [0.15, 0.2) is 59.7 Å². The Morgan fingerprint density at radius 2 is 1.86 bits per heavy atom. The van der Waals surface area contributed by atoms with E-state index in [0.29, 0.717) is 54.0 Å². The van der Waals surface area contributed by atoms with Crippen molar-refractivity contribution in [1.29, 1.82) is 0 Å². The van der Waals surface area contributed by atoms with Crippen LogP contribution in [-0.4, -0.2) is 76.4 Å². The molecular formula is C31H33FN6O4. The first-order chi connectivity index (χ1) is 20.4. The molecule has 1 aromatic carbocycles. The number of aromatic amines is 1. The number of benzene rings is 1. The lowest BCUT2D eigenvalue weighted by molar-refractivity contribution is 0.0350. The average molecular weight is 573 g/mol. The minimum absolute atomic E-state index is 0.139. The van der Waals surface area contributed by atoms with Crippen molar-refractivity contribution in [3.8, 4) is 11.3 Å². The van der Waals surface area contributed by atoms with Crippen molar-refractivity contribution < 1.29 is 19.0 Å². The van der Waals surface area contributed by atoms with E-state index < -0.39 is 5.82 Å². The van der Waals surface area contributed by atoms with Crippen molar-refractivity contribution in [3.63, 3.8) is 0 Å². The zero-order chi connectivity index (χ0) is 29.2. The Hall–Kier alpha value is -4.35. The summed E-state index contributed by atoms with van der Waals surface area (Å²) in [5.74, 6) is -0.286. The van der Waals surface area contributed by atoms with Gasteiger partial charge in [-0.15, -0.1) is 0 Å². The molecule has 2 aliphatic rings. The molecule has 0 aliphatic carbocycles. The fourth-order valence-electron chi connectivity index (χ4n) is 5.67. The van der Waals surface area contributed by atoms with Crippen molar-refractivity contribution in [1.82, 2.24) is 19.9 Å². The van der Waals surface area contributed by atoms with Gasteiger partial charge < -0.3 is 29.9 Å². The quantitative estimate of drug-likeness (QED) is 0.316. The van der Waals surface area contributed by atoms with Gasteiger partial charge in [0.05, 0.1) is 46.4 Å². The minimum Gasteiger partial charge on any atom is -0.393 e. The van der Waals surface area contributed by atoms with E-state index in [1.54, 1.807) is 42.5 Å². The Balaban J connectivity index is 1.27. The van der Waals surface area contributed by atoms with Crippen LogP contribution in [0, 0.1) is 5.82 Å². The summed E-state index contributed by atoms with van der Waals surface area (Å²) >= 11 is 0. The van der Waals surface area contributed by atoms with E-state index in [4.69, 9.17) is 4.74 Å². The van der Waals surface area contributed by atoms with Gasteiger partial charge in [-0.1, -0.05) is 0 Å². The van der Waals surface area contributed by atoms with E-state index in [-0.39, 0.29) is 34.8 Å². The van der Waals surface area contributed by atoms with E-state index in [2.05, 4.69) is 25.2 Å². The van der Waals surface area contributed by atoms with Gasteiger partial charge in [0, 0.05) is 50.6 Å². The van der Waals surface area contributed by atoms with Gasteiger partial charge in [-0.25, -0.2) is 14.4 Å². The number of halogens is 1. The number of H-pyrrole nitrogens is 1. The molecule has 4 aromatic rings. The molecule has 5 heterocycles. The lowest BCUT2D eigenvalue weighted by Gasteiger charge is -2.31. The van der Waals surface area contributed by atoms with Gasteiger partial charge in [0.15, 0.2) is 0 Å². The third-order valence-electron chi connectivity index (χ3n) is 8.12. The number of hydrogen-bond donors (Lipinski definition) is 3. The van der Waals surface area contributed by atoms with Crippen LogP contribution < -0.4 is 15.8 Å². The summed E-state index contributed by atoms with van der Waals surface area (Å²) in [6.07, 6.45) is 6.06. The average Bonchev–Trinajstić information content (AvgIpc) is 3.01. The Bertz CT molecular complexity index is 1640. The number of anilines is 3. The number of hydrogen-bond acceptors (Lipinski definition) is 8. The Morgan fingerprint density at radius 1 is 1.07 bits per heavy atom. The van der Waals surface area contributed by atoms with Crippen molar-refractivity contribution in [3.05, 3.63) is 76.6 Å². The van der Waals surface area contributed by atoms with Crippen LogP contribution in [-0.2, 0) is 4.74 Å². The highest BCUT2D eigenvalue weighted by atomic mass is 19.1. The van der Waals surface area contributed by atoms with Crippen molar-refractivity contribution in [2.75, 3.05) is 43.5 Å². The molecule has 3 aromatic heterocycles. The predicted molar refractivity (Wildman–Crippen MR) is 159 cm³/mol. The second-order valence-electron chi connectivity index (χ2n) is 10.8. The van der Waals surface area contributed by atoms with Gasteiger partial charge in [0.25, 0.3) is 11.5 Å². The largest absolute Gasteiger partial charge is 0.393 e. The molecule has 10 nitrogen and oxygen atoms in total. The second kappa shape index (κ2) is 11.9. The maximum absolute atomic E-state index is 15.5. The number of nitrogens with one attached hydrogen (secondary N) is 2. The number of piperidine rings is 2. The van der Waals surface area contributed by atoms with E-state index >= 15 is 4.39 Å². The van der Waals surface area contributed by atoms with Gasteiger partial charge >= 0.3 is 0 Å². The van der Waals surface area contributed by atoms with Crippen LogP contribution in [0.4, 0.5) is 21.6 Å². The number of amides is 1. The van der Waals surface area contributed by atoms with Crippen LogP contribution >= 0.6 is 0 Å². The molecule has 0 radical (unpaired) electrons. The van der Waals surface area contributed by atoms with Crippen molar-refractivity contribution in [2.24, 2.45) is 0 Å². The Kier molecular flexibility index (Phi) is 7.86. The molecule has 0 saturated carbocycles. The van der Waals surface area contributed by atoms with Crippen molar-refractivity contribution in [2.45, 2.75) is 37.9 Å². The van der Waals surface area contributed by atoms with Gasteiger partial charge in [-0.2, -0.15) is 0 Å². The summed E-state index contributed by atoms with van der Waals surface area (Å²) in [6, 6.07) is 11.4. The van der Waals surface area contributed by atoms with E-state index in [1.807, 2.05) is 12.1 Å². The second-order valence-corrected chi connectivity index (χ2v) is 10.8. The van der Waals surface area contributed by atoms with Crippen LogP contribution in [0.5, 0.6) is 0 Å². The molecule has 2 saturated heterocycles. The Labute approximate surface area is 242 Å². The lowest BCUT2D eigenvalue weighted by atomic mass is 10.0. The number of carbonyl (C=O) groups excluding carboxylic acids is 1. The number of fused-ring (bicyclic) bond motifs is 1. The van der Waals surface area contributed by atoms with E-state index in [0.717, 1.165) is 31.6 Å². The van der Waals surface area contributed by atoms with Crippen LogP contribution in [0.2, 0.25) is 0 Å². The lowest BCUT2D eigenvalue weighted by Crippen LogP contribution is -2.40. The topological polar surface area (TPSA) is 124 Å². The molecule has 0 unspecified atom stereocenters. The first-order valence-corrected chi connectivity index (χ1v) is 14.2. The number of aliphatic hydroxyl groups is 1.